The molecule has 4 heterocycles. The minimum Gasteiger partial charge on any atom is -0.350 e. The van der Waals surface area contributed by atoms with Gasteiger partial charge in [-0.3, -0.25) is 9.59 Å². The number of hydrogen-bond acceptors (Lipinski definition) is 5. The summed E-state index contributed by atoms with van der Waals surface area (Å²) in [5.41, 5.74) is 0.124. The second-order valence-corrected chi connectivity index (χ2v) is 8.88. The standard InChI is InChI=1S/C19H25N5O2S/c1-3-20-17(25)16-22-21-15-6-7-19(12-24(15)16)8-10-23(11-9-19)18(26)14-5-4-13(2)27-14/h4-5H,3,6-12H2,1-2H3,(H,20,25). The van der Waals surface area contributed by atoms with Gasteiger partial charge in [0, 0.05) is 37.5 Å². The Morgan fingerprint density at radius 1 is 1.22 bits per heavy atom. The molecule has 2 aliphatic heterocycles. The van der Waals surface area contributed by atoms with Gasteiger partial charge in [0.25, 0.3) is 11.8 Å². The fourth-order valence-electron chi connectivity index (χ4n) is 4.18. The van der Waals surface area contributed by atoms with Crippen molar-refractivity contribution < 1.29 is 9.59 Å². The number of piperidine rings is 1. The Labute approximate surface area is 162 Å². The molecule has 0 aromatic carbocycles. The molecule has 1 N–H and O–H groups in total. The van der Waals surface area contributed by atoms with E-state index in [9.17, 15) is 9.59 Å². The van der Waals surface area contributed by atoms with E-state index < -0.39 is 0 Å². The van der Waals surface area contributed by atoms with Crippen LogP contribution < -0.4 is 5.32 Å². The molecule has 144 valence electrons. The highest BCUT2D eigenvalue weighted by Gasteiger charge is 2.40. The molecule has 1 fully saturated rings. The highest BCUT2D eigenvalue weighted by molar-refractivity contribution is 7.13. The molecule has 2 amide bonds. The van der Waals surface area contributed by atoms with Crippen LogP contribution in [0.4, 0.5) is 0 Å². The van der Waals surface area contributed by atoms with Crippen LogP contribution in [0, 0.1) is 12.3 Å². The number of carbonyl (C=O) groups is 2. The van der Waals surface area contributed by atoms with E-state index in [1.165, 1.54) is 0 Å². The Hall–Kier alpha value is -2.22. The summed E-state index contributed by atoms with van der Waals surface area (Å²) in [7, 11) is 0. The van der Waals surface area contributed by atoms with E-state index in [1.54, 1.807) is 11.3 Å². The van der Waals surface area contributed by atoms with Gasteiger partial charge in [-0.1, -0.05) is 0 Å². The van der Waals surface area contributed by atoms with E-state index in [1.807, 2.05) is 35.4 Å². The number of fused-ring (bicyclic) bond motifs is 1. The first-order valence-electron chi connectivity index (χ1n) is 9.57. The van der Waals surface area contributed by atoms with E-state index in [2.05, 4.69) is 15.5 Å². The van der Waals surface area contributed by atoms with Crippen LogP contribution in [0.1, 0.15) is 57.2 Å². The van der Waals surface area contributed by atoms with Crippen LogP contribution in [-0.2, 0) is 13.0 Å². The van der Waals surface area contributed by atoms with Crippen LogP contribution in [0.3, 0.4) is 0 Å². The van der Waals surface area contributed by atoms with Crippen molar-refractivity contribution in [3.05, 3.63) is 33.5 Å². The lowest BCUT2D eigenvalue weighted by atomic mass is 9.73. The molecule has 2 aliphatic rings. The number of rotatable bonds is 3. The van der Waals surface area contributed by atoms with Crippen molar-refractivity contribution in [1.29, 1.82) is 0 Å². The molecule has 0 aliphatic carbocycles. The molecule has 4 rings (SSSR count). The molecule has 0 radical (unpaired) electrons. The van der Waals surface area contributed by atoms with Gasteiger partial charge < -0.3 is 14.8 Å². The largest absolute Gasteiger partial charge is 0.350 e. The average Bonchev–Trinajstić information content (AvgIpc) is 3.28. The molecule has 2 aromatic heterocycles. The van der Waals surface area contributed by atoms with Crippen LogP contribution in [0.2, 0.25) is 0 Å². The summed E-state index contributed by atoms with van der Waals surface area (Å²) < 4.78 is 1.99. The summed E-state index contributed by atoms with van der Waals surface area (Å²) in [5.74, 6) is 1.30. The molecular weight excluding hydrogens is 362 g/mol. The number of aryl methyl sites for hydroxylation is 2. The maximum Gasteiger partial charge on any atom is 0.289 e. The second kappa shape index (κ2) is 7.07. The van der Waals surface area contributed by atoms with Gasteiger partial charge in [-0.15, -0.1) is 21.5 Å². The minimum atomic E-state index is -0.158. The lowest BCUT2D eigenvalue weighted by Gasteiger charge is -2.44. The van der Waals surface area contributed by atoms with Gasteiger partial charge >= 0.3 is 0 Å². The third-order valence-corrected chi connectivity index (χ3v) is 6.79. The number of nitrogens with one attached hydrogen (secondary N) is 1. The normalized spacial score (nSPS) is 18.4. The zero-order valence-corrected chi connectivity index (χ0v) is 16.6. The molecule has 1 spiro atoms. The first-order valence-corrected chi connectivity index (χ1v) is 10.4. The van der Waals surface area contributed by atoms with E-state index in [0.29, 0.717) is 12.4 Å². The summed E-state index contributed by atoms with van der Waals surface area (Å²) in [5, 5.41) is 11.1. The Balaban J connectivity index is 1.46. The van der Waals surface area contributed by atoms with Crippen LogP contribution in [0.15, 0.2) is 12.1 Å². The first-order chi connectivity index (χ1) is 13.0. The van der Waals surface area contributed by atoms with Gasteiger partial charge in [-0.25, -0.2) is 0 Å². The molecule has 0 atom stereocenters. The highest BCUT2D eigenvalue weighted by atomic mass is 32.1. The van der Waals surface area contributed by atoms with E-state index in [0.717, 1.165) is 60.9 Å². The number of likely N-dealkylation sites (tertiary alicyclic amines) is 1. The van der Waals surface area contributed by atoms with E-state index in [-0.39, 0.29) is 17.2 Å². The quantitative estimate of drug-likeness (QED) is 0.876. The Morgan fingerprint density at radius 3 is 2.67 bits per heavy atom. The summed E-state index contributed by atoms with van der Waals surface area (Å²) >= 11 is 1.56. The fraction of sp³-hybridized carbons (Fsp3) is 0.579. The Morgan fingerprint density at radius 2 is 2.00 bits per heavy atom. The molecule has 0 bridgehead atoms. The first kappa shape index (κ1) is 18.2. The summed E-state index contributed by atoms with van der Waals surface area (Å²) in [6.45, 7) is 6.80. The van der Waals surface area contributed by atoms with Crippen molar-refractivity contribution in [2.75, 3.05) is 19.6 Å². The van der Waals surface area contributed by atoms with Gasteiger partial charge in [0.15, 0.2) is 0 Å². The molecule has 0 unspecified atom stereocenters. The monoisotopic (exact) mass is 387 g/mol. The number of aromatic nitrogens is 3. The number of carbonyl (C=O) groups excluding carboxylic acids is 2. The summed E-state index contributed by atoms with van der Waals surface area (Å²) in [6, 6.07) is 3.93. The van der Waals surface area contributed by atoms with Crippen molar-refractivity contribution in [2.45, 2.75) is 46.1 Å². The van der Waals surface area contributed by atoms with Crippen molar-refractivity contribution in [3.63, 3.8) is 0 Å². The summed E-state index contributed by atoms with van der Waals surface area (Å²) in [6.07, 6.45) is 3.79. The Bertz CT molecular complexity index is 863. The van der Waals surface area contributed by atoms with Gasteiger partial charge in [0.05, 0.1) is 4.88 Å². The van der Waals surface area contributed by atoms with Crippen LogP contribution >= 0.6 is 11.3 Å². The molecule has 7 nitrogen and oxygen atoms in total. The number of hydrogen-bond donors (Lipinski definition) is 1. The number of amides is 2. The fourth-order valence-corrected chi connectivity index (χ4v) is 5.02. The zero-order chi connectivity index (χ0) is 19.0. The van der Waals surface area contributed by atoms with Gasteiger partial charge in [0.2, 0.25) is 5.82 Å². The molecule has 2 aromatic rings. The number of thiophene rings is 1. The van der Waals surface area contributed by atoms with Crippen molar-refractivity contribution in [2.24, 2.45) is 5.41 Å². The average molecular weight is 388 g/mol. The summed E-state index contributed by atoms with van der Waals surface area (Å²) in [4.78, 5) is 28.9. The molecular formula is C19H25N5O2S. The van der Waals surface area contributed by atoms with E-state index in [4.69, 9.17) is 0 Å². The smallest absolute Gasteiger partial charge is 0.289 e. The lowest BCUT2D eigenvalue weighted by Crippen LogP contribution is -2.46. The minimum absolute atomic E-state index is 0.124. The molecule has 0 saturated carbocycles. The van der Waals surface area contributed by atoms with Gasteiger partial charge in [-0.2, -0.15) is 0 Å². The molecule has 1 saturated heterocycles. The van der Waals surface area contributed by atoms with Crippen molar-refractivity contribution >= 4 is 23.2 Å². The third kappa shape index (κ3) is 3.38. The molecule has 8 heteroatoms. The SMILES string of the molecule is CCNC(=O)c1nnc2n1CC1(CC2)CCN(C(=O)c2ccc(C)s2)CC1. The predicted octanol–water partition coefficient (Wildman–Crippen LogP) is 2.27. The second-order valence-electron chi connectivity index (χ2n) is 7.59. The lowest BCUT2D eigenvalue weighted by molar-refractivity contribution is 0.0469. The van der Waals surface area contributed by atoms with Gasteiger partial charge in [0.1, 0.15) is 5.82 Å². The highest BCUT2D eigenvalue weighted by Crippen LogP contribution is 2.41. The van der Waals surface area contributed by atoms with Crippen molar-refractivity contribution in [3.8, 4) is 0 Å². The third-order valence-electron chi connectivity index (χ3n) is 5.80. The van der Waals surface area contributed by atoms with Crippen LogP contribution in [0.25, 0.3) is 0 Å². The Kier molecular flexibility index (Phi) is 4.75. The maximum absolute atomic E-state index is 12.7. The zero-order valence-electron chi connectivity index (χ0n) is 15.8. The topological polar surface area (TPSA) is 80.1 Å². The molecule has 27 heavy (non-hydrogen) atoms. The van der Waals surface area contributed by atoms with E-state index >= 15 is 0 Å². The predicted molar refractivity (Wildman–Crippen MR) is 103 cm³/mol. The van der Waals surface area contributed by atoms with Crippen LogP contribution in [0.5, 0.6) is 0 Å². The maximum atomic E-state index is 12.7. The van der Waals surface area contributed by atoms with Crippen LogP contribution in [-0.4, -0.2) is 51.1 Å². The number of nitrogens with zero attached hydrogens (tertiary/aromatic N) is 4. The van der Waals surface area contributed by atoms with Gasteiger partial charge in [-0.05, 0) is 50.7 Å². The van der Waals surface area contributed by atoms with Crippen molar-refractivity contribution in [1.82, 2.24) is 25.0 Å².